The smallest absolute Gasteiger partial charge is 0.224 e. The molecule has 1 aromatic rings. The van der Waals surface area contributed by atoms with E-state index in [0.29, 0.717) is 12.5 Å². The summed E-state index contributed by atoms with van der Waals surface area (Å²) in [6, 6.07) is 10.8. The van der Waals surface area contributed by atoms with Crippen molar-refractivity contribution >= 4 is 17.7 Å². The van der Waals surface area contributed by atoms with E-state index in [-0.39, 0.29) is 11.9 Å². The van der Waals surface area contributed by atoms with Gasteiger partial charge in [0.2, 0.25) is 5.91 Å². The maximum absolute atomic E-state index is 12.5. The molecule has 0 aromatic heterocycles. The predicted molar refractivity (Wildman–Crippen MR) is 102 cm³/mol. The van der Waals surface area contributed by atoms with Crippen LogP contribution in [0.4, 0.5) is 0 Å². The third kappa shape index (κ3) is 5.80. The number of hydrogen-bond donors (Lipinski definition) is 1. The van der Waals surface area contributed by atoms with Crippen molar-refractivity contribution in [3.63, 3.8) is 0 Å². The van der Waals surface area contributed by atoms with Gasteiger partial charge in [-0.15, -0.1) is 11.8 Å². The second-order valence-corrected chi connectivity index (χ2v) is 7.51. The van der Waals surface area contributed by atoms with Crippen LogP contribution in [-0.4, -0.2) is 59.7 Å². The fourth-order valence-corrected chi connectivity index (χ4v) is 4.23. The lowest BCUT2D eigenvalue weighted by Gasteiger charge is -2.38. The van der Waals surface area contributed by atoms with E-state index in [0.717, 1.165) is 44.8 Å². The van der Waals surface area contributed by atoms with E-state index in [1.807, 2.05) is 23.1 Å². The maximum Gasteiger partial charge on any atom is 0.224 e. The Bertz CT molecular complexity index is 485. The van der Waals surface area contributed by atoms with E-state index in [1.54, 1.807) is 11.8 Å². The number of hydrogen-bond acceptors (Lipinski definition) is 4. The fraction of sp³-hybridized carbons (Fsp3) is 0.632. The highest BCUT2D eigenvalue weighted by molar-refractivity contribution is 7.99. The first-order valence-electron chi connectivity index (χ1n) is 9.09. The van der Waals surface area contributed by atoms with Gasteiger partial charge in [-0.05, 0) is 38.1 Å². The molecule has 1 atom stereocenters. The summed E-state index contributed by atoms with van der Waals surface area (Å²) in [7, 11) is 0. The Morgan fingerprint density at radius 3 is 2.46 bits per heavy atom. The molecular weight excluding hydrogens is 318 g/mol. The Kier molecular flexibility index (Phi) is 8.09. The summed E-state index contributed by atoms with van der Waals surface area (Å²) in [5.74, 6) is 1.00. The third-order valence-corrected chi connectivity index (χ3v) is 5.99. The topological polar surface area (TPSA) is 49.6 Å². The van der Waals surface area contributed by atoms with Crippen LogP contribution in [0.3, 0.4) is 0 Å². The highest BCUT2D eigenvalue weighted by Gasteiger charge is 2.26. The molecule has 4 nitrogen and oxygen atoms in total. The Hall–Kier alpha value is -1.04. The van der Waals surface area contributed by atoms with Gasteiger partial charge < -0.3 is 15.5 Å². The van der Waals surface area contributed by atoms with Gasteiger partial charge in [-0.2, -0.15) is 0 Å². The summed E-state index contributed by atoms with van der Waals surface area (Å²) in [6.07, 6.45) is 2.62. The largest absolute Gasteiger partial charge is 0.343 e. The van der Waals surface area contributed by atoms with Crippen molar-refractivity contribution in [1.82, 2.24) is 9.80 Å². The quantitative estimate of drug-likeness (QED) is 0.733. The number of piperidine rings is 1. The Balaban J connectivity index is 1.71. The van der Waals surface area contributed by atoms with Crippen molar-refractivity contribution in [3.05, 3.63) is 30.3 Å². The number of carbonyl (C=O) groups excluding carboxylic acids is 1. The van der Waals surface area contributed by atoms with Crippen LogP contribution in [0.5, 0.6) is 0 Å². The van der Waals surface area contributed by atoms with Crippen LogP contribution in [0.2, 0.25) is 0 Å². The molecule has 0 aliphatic carbocycles. The van der Waals surface area contributed by atoms with Crippen LogP contribution in [-0.2, 0) is 4.79 Å². The summed E-state index contributed by atoms with van der Waals surface area (Å²) in [5.41, 5.74) is 6.17. The minimum Gasteiger partial charge on any atom is -0.343 e. The SMILES string of the molecule is CCN(CC)C1CCN(C(=O)C[C@@H](N)CSc2ccccc2)CC1. The second-order valence-electron chi connectivity index (χ2n) is 6.42. The fourth-order valence-electron chi connectivity index (χ4n) is 3.35. The molecule has 1 heterocycles. The first kappa shape index (κ1) is 19.3. The standard InChI is InChI=1S/C19H31N3OS/c1-3-21(4-2)17-10-12-22(13-11-17)19(23)14-16(20)15-24-18-8-6-5-7-9-18/h5-9,16-17H,3-4,10-15,20H2,1-2H3/t16-/m1/s1. The summed E-state index contributed by atoms with van der Waals surface area (Å²) in [6.45, 7) is 8.36. The van der Waals surface area contributed by atoms with E-state index < -0.39 is 0 Å². The van der Waals surface area contributed by atoms with Crippen LogP contribution < -0.4 is 5.73 Å². The van der Waals surface area contributed by atoms with Gasteiger partial charge in [-0.1, -0.05) is 32.0 Å². The Morgan fingerprint density at radius 2 is 1.88 bits per heavy atom. The molecule has 2 N–H and O–H groups in total. The van der Waals surface area contributed by atoms with Crippen molar-refractivity contribution < 1.29 is 4.79 Å². The molecule has 1 fully saturated rings. The van der Waals surface area contributed by atoms with E-state index in [4.69, 9.17) is 5.73 Å². The van der Waals surface area contributed by atoms with Gasteiger partial charge in [-0.3, -0.25) is 4.79 Å². The van der Waals surface area contributed by atoms with Crippen molar-refractivity contribution in [2.24, 2.45) is 5.73 Å². The zero-order valence-electron chi connectivity index (χ0n) is 15.0. The molecule has 1 saturated heterocycles. The van der Waals surface area contributed by atoms with E-state index in [9.17, 15) is 4.79 Å². The average molecular weight is 350 g/mol. The molecule has 24 heavy (non-hydrogen) atoms. The van der Waals surface area contributed by atoms with Gasteiger partial charge in [0.15, 0.2) is 0 Å². The van der Waals surface area contributed by atoms with E-state index in [2.05, 4.69) is 30.9 Å². The summed E-state index contributed by atoms with van der Waals surface area (Å²) in [4.78, 5) is 18.2. The van der Waals surface area contributed by atoms with Crippen molar-refractivity contribution in [3.8, 4) is 0 Å². The number of nitrogens with two attached hydrogens (primary N) is 1. The second kappa shape index (κ2) is 10.1. The number of carbonyl (C=O) groups is 1. The van der Waals surface area contributed by atoms with Crippen LogP contribution >= 0.6 is 11.8 Å². The maximum atomic E-state index is 12.5. The van der Waals surface area contributed by atoms with Gasteiger partial charge in [0.05, 0.1) is 0 Å². The number of amides is 1. The molecule has 5 heteroatoms. The molecule has 1 aromatic carbocycles. The predicted octanol–water partition coefficient (Wildman–Crippen LogP) is 2.83. The molecular formula is C19H31N3OS. The van der Waals surface area contributed by atoms with Crippen molar-refractivity contribution in [2.45, 2.75) is 50.1 Å². The van der Waals surface area contributed by atoms with Crippen LogP contribution in [0.1, 0.15) is 33.1 Å². The van der Waals surface area contributed by atoms with Crippen LogP contribution in [0.25, 0.3) is 0 Å². The van der Waals surface area contributed by atoms with Crippen LogP contribution in [0, 0.1) is 0 Å². The Labute approximate surface area is 150 Å². The summed E-state index contributed by atoms with van der Waals surface area (Å²) in [5, 5.41) is 0. The van der Waals surface area contributed by atoms with Crippen molar-refractivity contribution in [1.29, 1.82) is 0 Å². The molecule has 134 valence electrons. The van der Waals surface area contributed by atoms with Gasteiger partial charge in [0, 0.05) is 42.2 Å². The highest BCUT2D eigenvalue weighted by atomic mass is 32.2. The third-order valence-electron chi connectivity index (χ3n) is 4.79. The first-order valence-corrected chi connectivity index (χ1v) is 10.1. The number of nitrogens with zero attached hydrogens (tertiary/aromatic N) is 2. The highest BCUT2D eigenvalue weighted by Crippen LogP contribution is 2.20. The summed E-state index contributed by atoms with van der Waals surface area (Å²) < 4.78 is 0. The van der Waals surface area contributed by atoms with Crippen molar-refractivity contribution in [2.75, 3.05) is 31.9 Å². The lowest BCUT2D eigenvalue weighted by atomic mass is 10.0. The van der Waals surface area contributed by atoms with Gasteiger partial charge >= 0.3 is 0 Å². The number of rotatable bonds is 8. The average Bonchev–Trinajstić information content (AvgIpc) is 2.62. The normalized spacial score (nSPS) is 17.2. The lowest BCUT2D eigenvalue weighted by molar-refractivity contribution is -0.133. The molecule has 0 spiro atoms. The number of thioether (sulfide) groups is 1. The van der Waals surface area contributed by atoms with E-state index >= 15 is 0 Å². The number of benzene rings is 1. The monoisotopic (exact) mass is 349 g/mol. The Morgan fingerprint density at radius 1 is 1.25 bits per heavy atom. The molecule has 0 saturated carbocycles. The lowest BCUT2D eigenvalue weighted by Crippen LogP contribution is -2.47. The zero-order valence-corrected chi connectivity index (χ0v) is 15.8. The van der Waals surface area contributed by atoms with Crippen LogP contribution in [0.15, 0.2) is 35.2 Å². The molecule has 1 amide bonds. The van der Waals surface area contributed by atoms with Gasteiger partial charge in [0.25, 0.3) is 0 Å². The molecule has 1 aliphatic rings. The molecule has 0 bridgehead atoms. The number of likely N-dealkylation sites (tertiary alicyclic amines) is 1. The molecule has 0 radical (unpaired) electrons. The van der Waals surface area contributed by atoms with Gasteiger partial charge in [0.1, 0.15) is 0 Å². The van der Waals surface area contributed by atoms with E-state index in [1.165, 1.54) is 4.90 Å². The molecule has 1 aliphatic heterocycles. The minimum atomic E-state index is -0.0804. The first-order chi connectivity index (χ1) is 11.6. The minimum absolute atomic E-state index is 0.0804. The summed E-state index contributed by atoms with van der Waals surface area (Å²) >= 11 is 1.73. The molecule has 0 unspecified atom stereocenters. The molecule has 2 rings (SSSR count). The zero-order chi connectivity index (χ0) is 17.4. The van der Waals surface area contributed by atoms with Gasteiger partial charge in [-0.25, -0.2) is 0 Å².